The zero-order valence-corrected chi connectivity index (χ0v) is 9.90. The summed E-state index contributed by atoms with van der Waals surface area (Å²) in [5.74, 6) is 0.202. The van der Waals surface area contributed by atoms with Gasteiger partial charge in [-0.25, -0.2) is 0 Å². The molecule has 0 heterocycles. The molecule has 0 aliphatic rings. The molecule has 1 atom stereocenters. The van der Waals surface area contributed by atoms with Crippen LogP contribution in [0.15, 0.2) is 24.3 Å². The number of benzene rings is 1. The van der Waals surface area contributed by atoms with Crippen molar-refractivity contribution < 1.29 is 13.2 Å². The van der Waals surface area contributed by atoms with Gasteiger partial charge in [-0.05, 0) is 24.0 Å². The van der Waals surface area contributed by atoms with Gasteiger partial charge in [-0.1, -0.05) is 41.1 Å². The molecule has 1 aromatic carbocycles. The maximum atomic E-state index is 12.6. The zero-order valence-electron chi connectivity index (χ0n) is 8.31. The largest absolute Gasteiger partial charge is 0.416 e. The van der Waals surface area contributed by atoms with Gasteiger partial charge in [0.2, 0.25) is 0 Å². The summed E-state index contributed by atoms with van der Waals surface area (Å²) in [6, 6.07) is 5.74. The highest BCUT2D eigenvalue weighted by Gasteiger charge is 2.32. The minimum atomic E-state index is -4.25. The molecule has 1 rings (SSSR count). The summed E-state index contributed by atoms with van der Waals surface area (Å²) >= 11 is 3.27. The number of rotatable bonds is 3. The average Bonchev–Trinajstić information content (AvgIpc) is 2.17. The maximum absolute atomic E-state index is 12.6. The summed E-state index contributed by atoms with van der Waals surface area (Å²) in [5, 5.41) is 0.708. The first kappa shape index (κ1) is 12.6. The second-order valence-corrected chi connectivity index (χ2v) is 4.27. The van der Waals surface area contributed by atoms with Gasteiger partial charge in [0.1, 0.15) is 0 Å². The van der Waals surface area contributed by atoms with E-state index < -0.39 is 11.7 Å². The van der Waals surface area contributed by atoms with Gasteiger partial charge in [0.15, 0.2) is 0 Å². The summed E-state index contributed by atoms with van der Waals surface area (Å²) in [6.45, 7) is 1.92. The molecule has 0 aliphatic heterocycles. The number of halogens is 4. The zero-order chi connectivity index (χ0) is 11.5. The van der Waals surface area contributed by atoms with Crippen LogP contribution in [0.25, 0.3) is 0 Å². The molecule has 1 aromatic rings. The molecule has 0 N–H and O–H groups in total. The van der Waals surface area contributed by atoms with Crippen molar-refractivity contribution in [2.45, 2.75) is 19.5 Å². The first-order valence-corrected chi connectivity index (χ1v) is 5.78. The van der Waals surface area contributed by atoms with Gasteiger partial charge in [0.25, 0.3) is 0 Å². The lowest BCUT2D eigenvalue weighted by molar-refractivity contribution is -0.138. The Kier molecular flexibility index (Phi) is 4.20. The van der Waals surface area contributed by atoms with Crippen molar-refractivity contribution >= 4 is 15.9 Å². The van der Waals surface area contributed by atoms with Gasteiger partial charge in [0, 0.05) is 5.33 Å². The molecular formula is C11H12BrF3. The van der Waals surface area contributed by atoms with Crippen LogP contribution in [0.5, 0.6) is 0 Å². The van der Waals surface area contributed by atoms with Crippen LogP contribution in [0.3, 0.4) is 0 Å². The summed E-state index contributed by atoms with van der Waals surface area (Å²) in [5.41, 5.74) is -0.144. The third-order valence-electron chi connectivity index (χ3n) is 2.15. The Labute approximate surface area is 95.6 Å². The highest BCUT2D eigenvalue weighted by molar-refractivity contribution is 9.09. The topological polar surface area (TPSA) is 0 Å². The van der Waals surface area contributed by atoms with Crippen LogP contribution in [0, 0.1) is 5.92 Å². The van der Waals surface area contributed by atoms with E-state index in [2.05, 4.69) is 15.9 Å². The smallest absolute Gasteiger partial charge is 0.166 e. The number of alkyl halides is 4. The van der Waals surface area contributed by atoms with Crippen LogP contribution in [0.1, 0.15) is 18.1 Å². The van der Waals surface area contributed by atoms with E-state index in [1.165, 1.54) is 6.07 Å². The van der Waals surface area contributed by atoms with Crippen molar-refractivity contribution in [3.05, 3.63) is 35.4 Å². The van der Waals surface area contributed by atoms with Crippen molar-refractivity contribution in [2.75, 3.05) is 5.33 Å². The van der Waals surface area contributed by atoms with Crippen molar-refractivity contribution in [1.82, 2.24) is 0 Å². The second-order valence-electron chi connectivity index (χ2n) is 3.62. The molecule has 0 aliphatic carbocycles. The van der Waals surface area contributed by atoms with E-state index >= 15 is 0 Å². The molecule has 0 fully saturated rings. The second kappa shape index (κ2) is 5.01. The summed E-state index contributed by atoms with van der Waals surface area (Å²) in [6.07, 6.45) is -3.80. The minimum Gasteiger partial charge on any atom is -0.166 e. The summed E-state index contributed by atoms with van der Waals surface area (Å²) in [4.78, 5) is 0. The van der Waals surface area contributed by atoms with E-state index in [1.54, 1.807) is 12.1 Å². The minimum absolute atomic E-state index is 0.202. The molecule has 0 spiro atoms. The quantitative estimate of drug-likeness (QED) is 0.725. The van der Waals surface area contributed by atoms with Gasteiger partial charge in [-0.2, -0.15) is 13.2 Å². The van der Waals surface area contributed by atoms with Gasteiger partial charge >= 0.3 is 6.18 Å². The predicted molar refractivity (Wildman–Crippen MR) is 58.1 cm³/mol. The average molecular weight is 281 g/mol. The van der Waals surface area contributed by atoms with E-state index in [1.807, 2.05) is 6.92 Å². The maximum Gasteiger partial charge on any atom is 0.416 e. The fraction of sp³-hybridized carbons (Fsp3) is 0.455. The monoisotopic (exact) mass is 280 g/mol. The van der Waals surface area contributed by atoms with Crippen LogP contribution in [-0.4, -0.2) is 5.33 Å². The third-order valence-corrected chi connectivity index (χ3v) is 3.26. The normalized spacial score (nSPS) is 13.9. The van der Waals surface area contributed by atoms with Crippen LogP contribution >= 0.6 is 15.9 Å². The van der Waals surface area contributed by atoms with E-state index in [4.69, 9.17) is 0 Å². The SMILES string of the molecule is CC(CBr)Cc1ccccc1C(F)(F)F. The molecule has 4 heteroatoms. The van der Waals surface area contributed by atoms with Crippen LogP contribution in [0.2, 0.25) is 0 Å². The molecule has 0 aromatic heterocycles. The fourth-order valence-electron chi connectivity index (χ4n) is 1.40. The first-order chi connectivity index (χ1) is 6.95. The number of hydrogen-bond donors (Lipinski definition) is 0. The van der Waals surface area contributed by atoms with Crippen molar-refractivity contribution in [3.8, 4) is 0 Å². The lowest BCUT2D eigenvalue weighted by Crippen LogP contribution is -2.11. The Morgan fingerprint density at radius 3 is 2.40 bits per heavy atom. The van der Waals surface area contributed by atoms with Crippen molar-refractivity contribution in [3.63, 3.8) is 0 Å². The Morgan fingerprint density at radius 1 is 1.27 bits per heavy atom. The van der Waals surface area contributed by atoms with E-state index in [0.717, 1.165) is 6.07 Å². The van der Waals surface area contributed by atoms with E-state index in [-0.39, 0.29) is 5.92 Å². The van der Waals surface area contributed by atoms with Crippen LogP contribution < -0.4 is 0 Å². The molecule has 84 valence electrons. The lowest BCUT2D eigenvalue weighted by atomic mass is 9.98. The molecule has 15 heavy (non-hydrogen) atoms. The van der Waals surface area contributed by atoms with Crippen molar-refractivity contribution in [1.29, 1.82) is 0 Å². The Bertz CT molecular complexity index is 320. The van der Waals surface area contributed by atoms with E-state index in [0.29, 0.717) is 17.3 Å². The Morgan fingerprint density at radius 2 is 1.87 bits per heavy atom. The van der Waals surface area contributed by atoms with Crippen LogP contribution in [0.4, 0.5) is 13.2 Å². The van der Waals surface area contributed by atoms with Crippen LogP contribution in [-0.2, 0) is 12.6 Å². The molecule has 0 radical (unpaired) electrons. The highest BCUT2D eigenvalue weighted by Crippen LogP contribution is 2.32. The predicted octanol–water partition coefficient (Wildman–Crippen LogP) is 4.28. The summed E-state index contributed by atoms with van der Waals surface area (Å²) < 4.78 is 37.8. The first-order valence-electron chi connectivity index (χ1n) is 4.66. The van der Waals surface area contributed by atoms with Gasteiger partial charge in [0.05, 0.1) is 5.56 Å². The molecular weight excluding hydrogens is 269 g/mol. The van der Waals surface area contributed by atoms with Crippen molar-refractivity contribution in [2.24, 2.45) is 5.92 Å². The third kappa shape index (κ3) is 3.52. The molecule has 0 saturated carbocycles. The standard InChI is InChI=1S/C11H12BrF3/c1-8(7-12)6-9-4-2-3-5-10(9)11(13,14)15/h2-5,8H,6-7H2,1H3. The molecule has 0 nitrogen and oxygen atoms in total. The molecule has 0 saturated heterocycles. The Hall–Kier alpha value is -0.510. The van der Waals surface area contributed by atoms with Gasteiger partial charge in [-0.3, -0.25) is 0 Å². The highest BCUT2D eigenvalue weighted by atomic mass is 79.9. The molecule has 0 amide bonds. The molecule has 1 unspecified atom stereocenters. The van der Waals surface area contributed by atoms with Gasteiger partial charge < -0.3 is 0 Å². The summed E-state index contributed by atoms with van der Waals surface area (Å²) in [7, 11) is 0. The molecule has 0 bridgehead atoms. The van der Waals surface area contributed by atoms with E-state index in [9.17, 15) is 13.2 Å². The fourth-order valence-corrected chi connectivity index (χ4v) is 1.63. The Balaban J connectivity index is 2.97. The number of hydrogen-bond acceptors (Lipinski definition) is 0. The lowest BCUT2D eigenvalue weighted by Gasteiger charge is -2.14. The van der Waals surface area contributed by atoms with Gasteiger partial charge in [-0.15, -0.1) is 0 Å².